The first-order chi connectivity index (χ1) is 9.90. The Hall–Kier alpha value is -1.10. The zero-order valence-electron chi connectivity index (χ0n) is 12.7. The van der Waals surface area contributed by atoms with E-state index in [9.17, 15) is 0 Å². The molecular weight excluding hydrogens is 302 g/mol. The monoisotopic (exact) mass is 321 g/mol. The van der Waals surface area contributed by atoms with Gasteiger partial charge in [0.2, 0.25) is 0 Å². The van der Waals surface area contributed by atoms with Crippen LogP contribution in [0.15, 0.2) is 29.4 Å². The zero-order valence-corrected chi connectivity index (χ0v) is 14.3. The van der Waals surface area contributed by atoms with Crippen LogP contribution in [0.2, 0.25) is 5.02 Å². The van der Waals surface area contributed by atoms with Gasteiger partial charge in [0.25, 0.3) is 0 Å². The number of hydrogen-bond acceptors (Lipinski definition) is 4. The lowest BCUT2D eigenvalue weighted by Gasteiger charge is -2.21. The Morgan fingerprint density at radius 1 is 1.10 bits per heavy atom. The molecule has 2 atom stereocenters. The fourth-order valence-electron chi connectivity index (χ4n) is 2.07. The van der Waals surface area contributed by atoms with Gasteiger partial charge in [0.1, 0.15) is 0 Å². The maximum absolute atomic E-state index is 6.31. The Kier molecular flexibility index (Phi) is 5.25. The molecule has 2 aromatic rings. The van der Waals surface area contributed by atoms with Crippen LogP contribution >= 0.6 is 23.4 Å². The summed E-state index contributed by atoms with van der Waals surface area (Å²) in [6.45, 7) is 8.03. The molecule has 2 unspecified atom stereocenters. The molecule has 0 amide bonds. The van der Waals surface area contributed by atoms with Crippen molar-refractivity contribution in [2.24, 2.45) is 5.73 Å². The second-order valence-corrected chi connectivity index (χ2v) is 6.74. The average molecular weight is 322 g/mol. The molecule has 5 heteroatoms. The van der Waals surface area contributed by atoms with Crippen molar-refractivity contribution in [2.45, 2.75) is 44.1 Å². The van der Waals surface area contributed by atoms with Crippen molar-refractivity contribution in [1.29, 1.82) is 0 Å². The second kappa shape index (κ2) is 6.77. The Morgan fingerprint density at radius 2 is 1.67 bits per heavy atom. The molecule has 0 aliphatic carbocycles. The Balaban J connectivity index is 2.36. The Morgan fingerprint density at radius 3 is 2.19 bits per heavy atom. The van der Waals surface area contributed by atoms with Crippen molar-refractivity contribution in [3.63, 3.8) is 0 Å². The molecule has 0 saturated heterocycles. The van der Waals surface area contributed by atoms with Gasteiger partial charge >= 0.3 is 0 Å². The molecule has 1 aromatic heterocycles. The van der Waals surface area contributed by atoms with Crippen molar-refractivity contribution in [1.82, 2.24) is 9.97 Å². The highest BCUT2D eigenvalue weighted by molar-refractivity contribution is 7.99. The molecule has 0 bridgehead atoms. The summed E-state index contributed by atoms with van der Waals surface area (Å²) in [6.07, 6.45) is 0. The van der Waals surface area contributed by atoms with Gasteiger partial charge in [0.15, 0.2) is 5.16 Å². The van der Waals surface area contributed by atoms with Crippen LogP contribution in [0.4, 0.5) is 0 Å². The molecular formula is C16H20ClN3S. The summed E-state index contributed by atoms with van der Waals surface area (Å²) in [7, 11) is 0. The lowest BCUT2D eigenvalue weighted by atomic mass is 10.1. The standard InChI is InChI=1S/C16H20ClN3S/c1-9-11(3)19-16(20-12(9)4)21-15(10(2)18)13-7-5-6-8-14(13)17/h5-8,10,15H,18H2,1-4H3. The largest absolute Gasteiger partial charge is 0.327 e. The first-order valence-corrected chi connectivity index (χ1v) is 8.14. The summed E-state index contributed by atoms with van der Waals surface area (Å²) in [5.74, 6) is 0. The maximum atomic E-state index is 6.31. The minimum atomic E-state index is -0.0552. The number of hydrogen-bond donors (Lipinski definition) is 1. The minimum Gasteiger partial charge on any atom is -0.327 e. The maximum Gasteiger partial charge on any atom is 0.188 e. The third-order valence-corrected chi connectivity index (χ3v) is 5.21. The molecule has 1 aromatic carbocycles. The fraction of sp³-hybridized carbons (Fsp3) is 0.375. The van der Waals surface area contributed by atoms with Crippen LogP contribution in [0.1, 0.15) is 34.7 Å². The first kappa shape index (κ1) is 16.3. The molecule has 0 aliphatic heterocycles. The molecule has 2 N–H and O–H groups in total. The number of halogens is 1. The van der Waals surface area contributed by atoms with Gasteiger partial charge < -0.3 is 5.73 Å². The van der Waals surface area contributed by atoms with E-state index in [1.807, 2.05) is 52.0 Å². The van der Waals surface area contributed by atoms with Gasteiger partial charge in [-0.15, -0.1) is 0 Å². The lowest BCUT2D eigenvalue weighted by molar-refractivity contribution is 0.716. The number of thioether (sulfide) groups is 1. The van der Waals surface area contributed by atoms with E-state index in [4.69, 9.17) is 17.3 Å². The SMILES string of the molecule is Cc1nc(SC(c2ccccc2Cl)C(C)N)nc(C)c1C. The normalized spacial score (nSPS) is 14.0. The summed E-state index contributed by atoms with van der Waals surface area (Å²) >= 11 is 7.88. The summed E-state index contributed by atoms with van der Waals surface area (Å²) in [5, 5.41) is 1.51. The van der Waals surface area contributed by atoms with E-state index in [-0.39, 0.29) is 11.3 Å². The van der Waals surface area contributed by atoms with Gasteiger partial charge in [0, 0.05) is 22.5 Å². The summed E-state index contributed by atoms with van der Waals surface area (Å²) in [6, 6.07) is 7.74. The van der Waals surface area contributed by atoms with Crippen molar-refractivity contribution < 1.29 is 0 Å². The molecule has 0 spiro atoms. The molecule has 2 rings (SSSR count). The van der Waals surface area contributed by atoms with E-state index in [2.05, 4.69) is 9.97 Å². The molecule has 21 heavy (non-hydrogen) atoms. The van der Waals surface area contributed by atoms with Gasteiger partial charge in [-0.05, 0) is 44.9 Å². The highest BCUT2D eigenvalue weighted by atomic mass is 35.5. The second-order valence-electron chi connectivity index (χ2n) is 5.22. The number of nitrogens with zero attached hydrogens (tertiary/aromatic N) is 2. The van der Waals surface area contributed by atoms with Gasteiger partial charge in [-0.1, -0.05) is 41.6 Å². The molecule has 0 fully saturated rings. The average Bonchev–Trinajstić information content (AvgIpc) is 2.42. The van der Waals surface area contributed by atoms with Crippen LogP contribution in [-0.2, 0) is 0 Å². The first-order valence-electron chi connectivity index (χ1n) is 6.88. The smallest absolute Gasteiger partial charge is 0.188 e. The van der Waals surface area contributed by atoms with Gasteiger partial charge in [-0.25, -0.2) is 9.97 Å². The topological polar surface area (TPSA) is 51.8 Å². The van der Waals surface area contributed by atoms with Gasteiger partial charge in [0.05, 0.1) is 5.25 Å². The Labute approximate surface area is 135 Å². The Bertz CT molecular complexity index is 620. The number of aromatic nitrogens is 2. The van der Waals surface area contributed by atoms with Crippen molar-refractivity contribution in [3.05, 3.63) is 51.8 Å². The molecule has 1 heterocycles. The number of nitrogens with two attached hydrogens (primary N) is 1. The zero-order chi connectivity index (χ0) is 15.6. The van der Waals surface area contributed by atoms with E-state index in [0.29, 0.717) is 0 Å². The molecule has 0 aliphatic rings. The number of benzene rings is 1. The fourth-order valence-corrected chi connectivity index (χ4v) is 3.54. The van der Waals surface area contributed by atoms with Crippen LogP contribution in [0.3, 0.4) is 0 Å². The van der Waals surface area contributed by atoms with Crippen LogP contribution in [0.25, 0.3) is 0 Å². The van der Waals surface area contributed by atoms with Gasteiger partial charge in [-0.3, -0.25) is 0 Å². The minimum absolute atomic E-state index is 0.0280. The third-order valence-electron chi connectivity index (χ3n) is 3.53. The van der Waals surface area contributed by atoms with Crippen LogP contribution in [0.5, 0.6) is 0 Å². The lowest BCUT2D eigenvalue weighted by Crippen LogP contribution is -2.23. The van der Waals surface area contributed by atoms with Gasteiger partial charge in [-0.2, -0.15) is 0 Å². The number of rotatable bonds is 4. The van der Waals surface area contributed by atoms with Crippen LogP contribution < -0.4 is 5.73 Å². The quantitative estimate of drug-likeness (QED) is 0.676. The van der Waals surface area contributed by atoms with E-state index in [1.165, 1.54) is 0 Å². The van der Waals surface area contributed by atoms with E-state index < -0.39 is 0 Å². The van der Waals surface area contributed by atoms with E-state index in [1.54, 1.807) is 11.8 Å². The van der Waals surface area contributed by atoms with Crippen molar-refractivity contribution in [3.8, 4) is 0 Å². The highest BCUT2D eigenvalue weighted by Crippen LogP contribution is 2.38. The summed E-state index contributed by atoms with van der Waals surface area (Å²) in [4.78, 5) is 9.13. The molecule has 112 valence electrons. The molecule has 3 nitrogen and oxygen atoms in total. The third kappa shape index (κ3) is 3.76. The number of aryl methyl sites for hydroxylation is 2. The predicted molar refractivity (Wildman–Crippen MR) is 89.9 cm³/mol. The van der Waals surface area contributed by atoms with Crippen LogP contribution in [0, 0.1) is 20.8 Å². The highest BCUT2D eigenvalue weighted by Gasteiger charge is 2.22. The van der Waals surface area contributed by atoms with Crippen molar-refractivity contribution in [2.75, 3.05) is 0 Å². The van der Waals surface area contributed by atoms with E-state index in [0.717, 1.165) is 32.7 Å². The molecule has 0 saturated carbocycles. The van der Waals surface area contributed by atoms with E-state index >= 15 is 0 Å². The summed E-state index contributed by atoms with van der Waals surface area (Å²) in [5.41, 5.74) is 10.3. The molecule has 0 radical (unpaired) electrons. The van der Waals surface area contributed by atoms with Crippen molar-refractivity contribution >= 4 is 23.4 Å². The summed E-state index contributed by atoms with van der Waals surface area (Å²) < 4.78 is 0. The van der Waals surface area contributed by atoms with Crippen LogP contribution in [-0.4, -0.2) is 16.0 Å². The predicted octanol–water partition coefficient (Wildman–Crippen LogP) is 4.24.